The summed E-state index contributed by atoms with van der Waals surface area (Å²) in [7, 11) is 0. The second-order valence-corrected chi connectivity index (χ2v) is 3.07. The molecule has 0 saturated carbocycles. The van der Waals surface area contributed by atoms with Crippen molar-refractivity contribution in [3.63, 3.8) is 0 Å². The van der Waals surface area contributed by atoms with Gasteiger partial charge in [0.2, 0.25) is 0 Å². The van der Waals surface area contributed by atoms with Crippen LogP contribution in [0, 0.1) is 0 Å². The molecule has 1 aromatic rings. The maximum atomic E-state index is 5.73. The molecule has 2 rings (SSSR count). The predicted molar refractivity (Wildman–Crippen MR) is 51.8 cm³/mol. The molecule has 12 heavy (non-hydrogen) atoms. The molecule has 62 valence electrons. The van der Waals surface area contributed by atoms with Crippen molar-refractivity contribution in [2.24, 2.45) is 0 Å². The zero-order valence-electron chi connectivity index (χ0n) is 6.70. The van der Waals surface area contributed by atoms with Crippen LogP contribution in [0.25, 0.3) is 5.70 Å². The minimum atomic E-state index is 1.13. The Morgan fingerprint density at radius 3 is 2.42 bits per heavy atom. The molecule has 1 heterocycles. The molecule has 1 aliphatic heterocycles. The van der Waals surface area contributed by atoms with Crippen molar-refractivity contribution < 1.29 is 0 Å². The Hall–Kier alpha value is -0.950. The maximum Gasteiger partial charge on any atom is 0.0555 e. The second kappa shape index (κ2) is 3.20. The smallest absolute Gasteiger partial charge is 0.0555 e. The van der Waals surface area contributed by atoms with Crippen LogP contribution >= 0.6 is 11.6 Å². The van der Waals surface area contributed by atoms with E-state index in [2.05, 4.69) is 17.0 Å². The Morgan fingerprint density at radius 2 is 1.92 bits per heavy atom. The molecule has 2 heteroatoms. The monoisotopic (exact) mass is 179 g/mol. The Labute approximate surface area is 77.3 Å². The highest BCUT2D eigenvalue weighted by Crippen LogP contribution is 2.25. The van der Waals surface area contributed by atoms with Gasteiger partial charge in [-0.25, -0.2) is 0 Å². The zero-order chi connectivity index (χ0) is 8.39. The SMILES string of the molecule is Cl/C=C(/c1ccccc1)N1CC1. The molecular weight excluding hydrogens is 170 g/mol. The van der Waals surface area contributed by atoms with Gasteiger partial charge in [-0.1, -0.05) is 41.9 Å². The Kier molecular flexibility index (Phi) is 2.05. The molecule has 1 nitrogen and oxygen atoms in total. The van der Waals surface area contributed by atoms with E-state index in [1.54, 1.807) is 5.54 Å². The quantitative estimate of drug-likeness (QED) is 0.631. The lowest BCUT2D eigenvalue weighted by Gasteiger charge is -2.06. The van der Waals surface area contributed by atoms with E-state index in [1.807, 2.05) is 18.2 Å². The number of benzene rings is 1. The van der Waals surface area contributed by atoms with E-state index in [9.17, 15) is 0 Å². The first-order chi connectivity index (χ1) is 5.92. The van der Waals surface area contributed by atoms with Crippen LogP contribution in [-0.2, 0) is 0 Å². The summed E-state index contributed by atoms with van der Waals surface area (Å²) in [5, 5.41) is 0. The fourth-order valence-corrected chi connectivity index (χ4v) is 1.48. The highest BCUT2D eigenvalue weighted by Gasteiger charge is 2.20. The van der Waals surface area contributed by atoms with E-state index in [4.69, 9.17) is 11.6 Å². The number of rotatable bonds is 2. The zero-order valence-corrected chi connectivity index (χ0v) is 7.46. The Morgan fingerprint density at radius 1 is 1.25 bits per heavy atom. The molecule has 0 bridgehead atoms. The lowest BCUT2D eigenvalue weighted by Crippen LogP contribution is -1.94. The van der Waals surface area contributed by atoms with Gasteiger partial charge in [0.15, 0.2) is 0 Å². The van der Waals surface area contributed by atoms with E-state index in [0.717, 1.165) is 18.8 Å². The molecule has 1 aliphatic rings. The number of halogens is 1. The maximum absolute atomic E-state index is 5.73. The molecule has 1 saturated heterocycles. The minimum Gasteiger partial charge on any atom is -0.367 e. The summed E-state index contributed by atoms with van der Waals surface area (Å²) < 4.78 is 0. The van der Waals surface area contributed by atoms with E-state index in [0.29, 0.717) is 0 Å². The van der Waals surface area contributed by atoms with Gasteiger partial charge in [0.05, 0.1) is 5.70 Å². The summed E-state index contributed by atoms with van der Waals surface area (Å²) in [6, 6.07) is 10.2. The third kappa shape index (κ3) is 1.46. The van der Waals surface area contributed by atoms with Crippen LogP contribution in [0.4, 0.5) is 0 Å². The highest BCUT2D eigenvalue weighted by molar-refractivity contribution is 6.28. The molecule has 0 spiro atoms. The van der Waals surface area contributed by atoms with Crippen molar-refractivity contribution in [3.8, 4) is 0 Å². The average molecular weight is 180 g/mol. The van der Waals surface area contributed by atoms with Crippen molar-refractivity contribution in [1.29, 1.82) is 0 Å². The molecule has 0 radical (unpaired) electrons. The van der Waals surface area contributed by atoms with Gasteiger partial charge in [0.1, 0.15) is 0 Å². The molecule has 1 aromatic carbocycles. The third-order valence-electron chi connectivity index (χ3n) is 1.96. The third-order valence-corrected chi connectivity index (χ3v) is 2.17. The van der Waals surface area contributed by atoms with Gasteiger partial charge in [-0.15, -0.1) is 0 Å². The Balaban J connectivity index is 2.28. The molecule has 0 aromatic heterocycles. The Bertz CT molecular complexity index is 288. The van der Waals surface area contributed by atoms with Gasteiger partial charge in [0.25, 0.3) is 0 Å². The standard InChI is InChI=1S/C10H10ClN/c11-8-10(12-6-7-12)9-4-2-1-3-5-9/h1-5,8H,6-7H2/b10-8-. The van der Waals surface area contributed by atoms with Crippen LogP contribution in [-0.4, -0.2) is 18.0 Å². The number of hydrogen-bond acceptors (Lipinski definition) is 1. The number of nitrogens with zero attached hydrogens (tertiary/aromatic N) is 1. The van der Waals surface area contributed by atoms with E-state index < -0.39 is 0 Å². The second-order valence-electron chi connectivity index (χ2n) is 2.85. The lowest BCUT2D eigenvalue weighted by atomic mass is 10.2. The summed E-state index contributed by atoms with van der Waals surface area (Å²) in [6.45, 7) is 2.26. The molecule has 0 aliphatic carbocycles. The van der Waals surface area contributed by atoms with E-state index in [-0.39, 0.29) is 0 Å². The summed E-state index contributed by atoms with van der Waals surface area (Å²) in [4.78, 5) is 2.24. The van der Waals surface area contributed by atoms with Crippen molar-refractivity contribution in [1.82, 2.24) is 4.90 Å². The molecule has 0 N–H and O–H groups in total. The molecule has 0 amide bonds. The van der Waals surface area contributed by atoms with Crippen LogP contribution in [0.5, 0.6) is 0 Å². The van der Waals surface area contributed by atoms with Crippen molar-refractivity contribution in [2.75, 3.05) is 13.1 Å². The first-order valence-corrected chi connectivity index (χ1v) is 4.46. The highest BCUT2D eigenvalue weighted by atomic mass is 35.5. The summed E-state index contributed by atoms with van der Waals surface area (Å²) >= 11 is 5.73. The fourth-order valence-electron chi connectivity index (χ4n) is 1.21. The molecule has 0 unspecified atom stereocenters. The normalized spacial score (nSPS) is 16.4. The van der Waals surface area contributed by atoms with Crippen molar-refractivity contribution in [2.45, 2.75) is 0 Å². The van der Waals surface area contributed by atoms with Crippen LogP contribution in [0.3, 0.4) is 0 Å². The van der Waals surface area contributed by atoms with Gasteiger partial charge < -0.3 is 4.90 Å². The van der Waals surface area contributed by atoms with E-state index >= 15 is 0 Å². The van der Waals surface area contributed by atoms with Crippen LogP contribution in [0.15, 0.2) is 35.9 Å². The average Bonchev–Trinajstić information content (AvgIpc) is 2.92. The summed E-state index contributed by atoms with van der Waals surface area (Å²) in [6.07, 6.45) is 0. The fraction of sp³-hybridized carbons (Fsp3) is 0.200. The minimum absolute atomic E-state index is 1.13. The van der Waals surface area contributed by atoms with Gasteiger partial charge >= 0.3 is 0 Å². The largest absolute Gasteiger partial charge is 0.367 e. The summed E-state index contributed by atoms with van der Waals surface area (Å²) in [5.74, 6) is 0. The summed E-state index contributed by atoms with van der Waals surface area (Å²) in [5.41, 5.74) is 3.99. The van der Waals surface area contributed by atoms with E-state index in [1.165, 1.54) is 5.56 Å². The van der Waals surface area contributed by atoms with Crippen molar-refractivity contribution >= 4 is 17.3 Å². The topological polar surface area (TPSA) is 3.01 Å². The number of hydrogen-bond donors (Lipinski definition) is 0. The molecular formula is C10H10ClN. The molecule has 0 atom stereocenters. The predicted octanol–water partition coefficient (Wildman–Crippen LogP) is 2.54. The van der Waals surface area contributed by atoms with Crippen LogP contribution < -0.4 is 0 Å². The van der Waals surface area contributed by atoms with Crippen LogP contribution in [0.2, 0.25) is 0 Å². The first kappa shape index (κ1) is 7.69. The van der Waals surface area contributed by atoms with Crippen LogP contribution in [0.1, 0.15) is 5.56 Å². The molecule has 1 fully saturated rings. The van der Waals surface area contributed by atoms with Gasteiger partial charge in [-0.05, 0) is 5.56 Å². The van der Waals surface area contributed by atoms with Gasteiger partial charge in [-0.2, -0.15) is 0 Å². The first-order valence-electron chi connectivity index (χ1n) is 4.02. The van der Waals surface area contributed by atoms with Gasteiger partial charge in [0, 0.05) is 18.6 Å². The van der Waals surface area contributed by atoms with Crippen molar-refractivity contribution in [3.05, 3.63) is 41.4 Å². The van der Waals surface area contributed by atoms with Gasteiger partial charge in [-0.3, -0.25) is 0 Å². The lowest BCUT2D eigenvalue weighted by molar-refractivity contribution is 0.807.